The molecule has 2 nitrogen and oxygen atoms in total. The summed E-state index contributed by atoms with van der Waals surface area (Å²) in [6, 6.07) is 20.6. The zero-order valence-electron chi connectivity index (χ0n) is 14.2. The van der Waals surface area contributed by atoms with Crippen LogP contribution in [0.25, 0.3) is 0 Å². The lowest BCUT2D eigenvalue weighted by atomic mass is 9.69. The van der Waals surface area contributed by atoms with Crippen molar-refractivity contribution in [3.63, 3.8) is 0 Å². The first-order valence-electron chi connectivity index (χ1n) is 9.27. The van der Waals surface area contributed by atoms with Gasteiger partial charge in [-0.05, 0) is 43.2 Å². The molecule has 1 N–H and O–H groups in total. The molecule has 5 rings (SSSR count). The first-order chi connectivity index (χ1) is 11.7. The highest BCUT2D eigenvalue weighted by atomic mass is 16.3. The van der Waals surface area contributed by atoms with Gasteiger partial charge in [0.25, 0.3) is 0 Å². The summed E-state index contributed by atoms with van der Waals surface area (Å²) in [6.07, 6.45) is 3.74. The van der Waals surface area contributed by atoms with Crippen molar-refractivity contribution >= 4 is 0 Å². The van der Waals surface area contributed by atoms with Gasteiger partial charge < -0.3 is 5.11 Å². The van der Waals surface area contributed by atoms with E-state index in [4.69, 9.17) is 0 Å². The molecule has 0 spiro atoms. The van der Waals surface area contributed by atoms with Gasteiger partial charge in [-0.1, -0.05) is 60.2 Å². The molecule has 124 valence electrons. The quantitative estimate of drug-likeness (QED) is 0.909. The summed E-state index contributed by atoms with van der Waals surface area (Å²) >= 11 is 0. The average Bonchev–Trinajstić information content (AvgIpc) is 2.98. The van der Waals surface area contributed by atoms with E-state index in [0.29, 0.717) is 23.9 Å². The highest BCUT2D eigenvalue weighted by molar-refractivity contribution is 5.35. The topological polar surface area (TPSA) is 23.5 Å². The van der Waals surface area contributed by atoms with Crippen LogP contribution in [0.15, 0.2) is 54.6 Å². The van der Waals surface area contributed by atoms with Crippen molar-refractivity contribution in [3.8, 4) is 0 Å². The standard InChI is InChI=1S/C22H25NO/c1-15-7-9-16(10-8-15)19-13-18-11-12-20-21(19)22(24,14-23(18)20)17-5-3-2-4-6-17/h2-10,18-21,24H,11-14H2,1H3/t18-,19?,20?,21?,22+/m1/s1. The summed E-state index contributed by atoms with van der Waals surface area (Å²) in [4.78, 5) is 2.61. The van der Waals surface area contributed by atoms with Crippen molar-refractivity contribution < 1.29 is 5.11 Å². The molecule has 0 radical (unpaired) electrons. The summed E-state index contributed by atoms with van der Waals surface area (Å²) in [7, 11) is 0. The molecule has 3 saturated heterocycles. The Balaban J connectivity index is 1.61. The summed E-state index contributed by atoms with van der Waals surface area (Å²) in [6.45, 7) is 2.95. The lowest BCUT2D eigenvalue weighted by Crippen LogP contribution is -2.42. The Kier molecular flexibility index (Phi) is 3.17. The summed E-state index contributed by atoms with van der Waals surface area (Å²) in [5, 5.41) is 11.8. The Morgan fingerprint density at radius 1 is 1.00 bits per heavy atom. The Morgan fingerprint density at radius 2 is 1.75 bits per heavy atom. The molecule has 2 aromatic rings. The SMILES string of the molecule is Cc1ccc(C2C[C@H]3CCC4C2[C@@](O)(c2ccccc2)CN43)cc1. The van der Waals surface area contributed by atoms with Crippen molar-refractivity contribution in [1.82, 2.24) is 4.90 Å². The molecule has 3 aliphatic rings. The van der Waals surface area contributed by atoms with E-state index in [1.54, 1.807) is 0 Å². The van der Waals surface area contributed by atoms with E-state index in [9.17, 15) is 5.11 Å². The fourth-order valence-corrected chi connectivity index (χ4v) is 5.76. The second-order valence-electron chi connectivity index (χ2n) is 8.04. The molecule has 0 aromatic heterocycles. The number of piperidine rings is 1. The van der Waals surface area contributed by atoms with Crippen LogP contribution in [-0.2, 0) is 5.60 Å². The van der Waals surface area contributed by atoms with Gasteiger partial charge in [-0.15, -0.1) is 0 Å². The summed E-state index contributed by atoms with van der Waals surface area (Å²) in [5.41, 5.74) is 3.11. The van der Waals surface area contributed by atoms with E-state index in [0.717, 1.165) is 12.1 Å². The number of hydrogen-bond acceptors (Lipinski definition) is 2. The molecule has 0 amide bonds. The van der Waals surface area contributed by atoms with Gasteiger partial charge in [0.05, 0.1) is 0 Å². The lowest BCUT2D eigenvalue weighted by Gasteiger charge is -2.40. The highest BCUT2D eigenvalue weighted by Crippen LogP contribution is 2.58. The third kappa shape index (κ3) is 1.96. The van der Waals surface area contributed by atoms with Crippen LogP contribution in [0.1, 0.15) is 41.9 Å². The summed E-state index contributed by atoms with van der Waals surface area (Å²) in [5.74, 6) is 0.772. The van der Waals surface area contributed by atoms with Crippen LogP contribution >= 0.6 is 0 Å². The molecule has 3 heterocycles. The molecule has 3 fully saturated rings. The van der Waals surface area contributed by atoms with Crippen LogP contribution in [0, 0.1) is 12.8 Å². The van der Waals surface area contributed by atoms with Crippen LogP contribution < -0.4 is 0 Å². The fourth-order valence-electron chi connectivity index (χ4n) is 5.76. The Morgan fingerprint density at radius 3 is 2.50 bits per heavy atom. The number of nitrogens with zero attached hydrogens (tertiary/aromatic N) is 1. The van der Waals surface area contributed by atoms with E-state index >= 15 is 0 Å². The van der Waals surface area contributed by atoms with E-state index < -0.39 is 5.60 Å². The first kappa shape index (κ1) is 14.7. The van der Waals surface area contributed by atoms with Gasteiger partial charge in [-0.25, -0.2) is 0 Å². The molecular weight excluding hydrogens is 294 g/mol. The van der Waals surface area contributed by atoms with Crippen LogP contribution in [-0.4, -0.2) is 28.6 Å². The third-order valence-electron chi connectivity index (χ3n) is 6.82. The number of aliphatic hydroxyl groups is 1. The monoisotopic (exact) mass is 319 g/mol. The van der Waals surface area contributed by atoms with Crippen molar-refractivity contribution in [2.24, 2.45) is 5.92 Å². The molecule has 2 heteroatoms. The van der Waals surface area contributed by atoms with Crippen molar-refractivity contribution in [2.45, 2.75) is 49.8 Å². The van der Waals surface area contributed by atoms with Gasteiger partial charge in [-0.3, -0.25) is 4.90 Å². The van der Waals surface area contributed by atoms with Gasteiger partial charge in [0.1, 0.15) is 5.60 Å². The van der Waals surface area contributed by atoms with Crippen molar-refractivity contribution in [2.75, 3.05) is 6.54 Å². The number of rotatable bonds is 2. The Bertz CT molecular complexity index is 740. The Labute approximate surface area is 144 Å². The van der Waals surface area contributed by atoms with Crippen molar-refractivity contribution in [3.05, 3.63) is 71.3 Å². The van der Waals surface area contributed by atoms with Gasteiger partial charge >= 0.3 is 0 Å². The maximum absolute atomic E-state index is 11.8. The van der Waals surface area contributed by atoms with Crippen LogP contribution in [0.2, 0.25) is 0 Å². The fraction of sp³-hybridized carbons (Fsp3) is 0.455. The van der Waals surface area contributed by atoms with E-state index in [1.165, 1.54) is 30.4 Å². The summed E-state index contributed by atoms with van der Waals surface area (Å²) < 4.78 is 0. The molecule has 0 saturated carbocycles. The molecule has 24 heavy (non-hydrogen) atoms. The van der Waals surface area contributed by atoms with Crippen LogP contribution in [0.4, 0.5) is 0 Å². The van der Waals surface area contributed by atoms with Gasteiger partial charge in [0.15, 0.2) is 0 Å². The number of aryl methyl sites for hydroxylation is 1. The van der Waals surface area contributed by atoms with E-state index in [1.807, 2.05) is 6.07 Å². The molecule has 4 unspecified atom stereocenters. The first-order valence-corrected chi connectivity index (χ1v) is 9.27. The third-order valence-corrected chi connectivity index (χ3v) is 6.82. The van der Waals surface area contributed by atoms with Gasteiger partial charge in [0, 0.05) is 24.5 Å². The molecule has 6 atom stereocenters. The van der Waals surface area contributed by atoms with Crippen LogP contribution in [0.3, 0.4) is 0 Å². The van der Waals surface area contributed by atoms with Gasteiger partial charge in [0.2, 0.25) is 0 Å². The average molecular weight is 319 g/mol. The minimum Gasteiger partial charge on any atom is -0.383 e. The maximum Gasteiger partial charge on any atom is 0.107 e. The minimum atomic E-state index is -0.712. The number of benzene rings is 2. The molecule has 4 bridgehead atoms. The number of hydrogen-bond donors (Lipinski definition) is 1. The zero-order chi connectivity index (χ0) is 16.3. The Hall–Kier alpha value is -1.64. The maximum atomic E-state index is 11.8. The van der Waals surface area contributed by atoms with E-state index in [-0.39, 0.29) is 0 Å². The second-order valence-corrected chi connectivity index (χ2v) is 8.04. The molecular formula is C22H25NO. The molecule has 0 aliphatic carbocycles. The van der Waals surface area contributed by atoms with Crippen LogP contribution in [0.5, 0.6) is 0 Å². The van der Waals surface area contributed by atoms with Gasteiger partial charge in [-0.2, -0.15) is 0 Å². The largest absolute Gasteiger partial charge is 0.383 e. The molecule has 3 aliphatic heterocycles. The normalized spacial score (nSPS) is 40.0. The van der Waals surface area contributed by atoms with Crippen molar-refractivity contribution in [1.29, 1.82) is 0 Å². The second kappa shape index (κ2) is 5.18. The highest BCUT2D eigenvalue weighted by Gasteiger charge is 2.62. The predicted molar refractivity (Wildman–Crippen MR) is 95.9 cm³/mol. The lowest BCUT2D eigenvalue weighted by molar-refractivity contribution is -0.00438. The smallest absolute Gasteiger partial charge is 0.107 e. The zero-order valence-corrected chi connectivity index (χ0v) is 14.2. The minimum absolute atomic E-state index is 0.307. The van der Waals surface area contributed by atoms with E-state index in [2.05, 4.69) is 60.4 Å². The molecule has 2 aromatic carbocycles. The predicted octanol–water partition coefficient (Wildman–Crippen LogP) is 3.83.